The van der Waals surface area contributed by atoms with E-state index in [0.717, 1.165) is 22.4 Å². The number of cyclic esters (lactones) is 1. The van der Waals surface area contributed by atoms with Gasteiger partial charge in [0.25, 0.3) is 0 Å². The van der Waals surface area contributed by atoms with E-state index < -0.39 is 5.97 Å². The number of para-hydroxylation sites is 1. The first-order valence-corrected chi connectivity index (χ1v) is 7.49. The molecule has 1 aliphatic rings. The molecule has 1 heterocycles. The Bertz CT molecular complexity index is 806. The van der Waals surface area contributed by atoms with Gasteiger partial charge in [0.1, 0.15) is 5.75 Å². The Kier molecular flexibility index (Phi) is 4.24. The second kappa shape index (κ2) is 6.48. The van der Waals surface area contributed by atoms with E-state index in [-0.39, 0.29) is 5.70 Å². The van der Waals surface area contributed by atoms with Crippen molar-refractivity contribution >= 4 is 17.9 Å². The van der Waals surface area contributed by atoms with Crippen LogP contribution in [0.25, 0.3) is 6.08 Å². The number of benzene rings is 2. The van der Waals surface area contributed by atoms with Crippen LogP contribution in [-0.2, 0) is 9.53 Å². The molecule has 0 aromatic heterocycles. The zero-order valence-electron chi connectivity index (χ0n) is 13.1. The monoisotopic (exact) mass is 307 g/mol. The highest BCUT2D eigenvalue weighted by molar-refractivity contribution is 6.13. The van der Waals surface area contributed by atoms with E-state index >= 15 is 0 Å². The van der Waals surface area contributed by atoms with Crippen LogP contribution in [-0.4, -0.2) is 18.5 Å². The molecule has 116 valence electrons. The Hall–Kier alpha value is -2.88. The van der Waals surface area contributed by atoms with Crippen LogP contribution >= 0.6 is 0 Å². The third-order valence-electron chi connectivity index (χ3n) is 3.40. The number of ether oxygens (including phenoxy) is 2. The van der Waals surface area contributed by atoms with Gasteiger partial charge < -0.3 is 9.47 Å². The summed E-state index contributed by atoms with van der Waals surface area (Å²) in [6.07, 6.45) is 1.69. The van der Waals surface area contributed by atoms with Crippen molar-refractivity contribution in [3.05, 3.63) is 70.9 Å². The van der Waals surface area contributed by atoms with Crippen molar-refractivity contribution in [3.8, 4) is 5.75 Å². The average Bonchev–Trinajstić information content (AvgIpc) is 2.91. The maximum absolute atomic E-state index is 12.1. The van der Waals surface area contributed by atoms with E-state index in [4.69, 9.17) is 9.47 Å². The number of rotatable bonds is 4. The number of carbonyl (C=O) groups is 1. The maximum Gasteiger partial charge on any atom is 0.363 e. The predicted octanol–water partition coefficient (Wildman–Crippen LogP) is 3.74. The van der Waals surface area contributed by atoms with Crippen LogP contribution in [0.1, 0.15) is 23.6 Å². The number of nitrogens with zero attached hydrogens (tertiary/aromatic N) is 1. The fourth-order valence-corrected chi connectivity index (χ4v) is 2.34. The topological polar surface area (TPSA) is 47.9 Å². The molecule has 0 unspecified atom stereocenters. The molecule has 0 saturated heterocycles. The van der Waals surface area contributed by atoms with E-state index in [9.17, 15) is 4.79 Å². The van der Waals surface area contributed by atoms with Gasteiger partial charge in [-0.25, -0.2) is 9.79 Å². The van der Waals surface area contributed by atoms with Crippen molar-refractivity contribution in [2.45, 2.75) is 13.8 Å². The van der Waals surface area contributed by atoms with E-state index in [2.05, 4.69) is 4.99 Å². The van der Waals surface area contributed by atoms with E-state index in [1.54, 1.807) is 6.08 Å². The molecule has 2 aromatic rings. The number of hydrogen-bond donors (Lipinski definition) is 0. The van der Waals surface area contributed by atoms with Crippen LogP contribution in [0.15, 0.2) is 59.2 Å². The van der Waals surface area contributed by atoms with Gasteiger partial charge in [0.05, 0.1) is 6.61 Å². The average molecular weight is 307 g/mol. The minimum atomic E-state index is -0.451. The molecule has 2 aromatic carbocycles. The minimum absolute atomic E-state index is 0.272. The maximum atomic E-state index is 12.1. The summed E-state index contributed by atoms with van der Waals surface area (Å²) in [6, 6.07) is 15.2. The lowest BCUT2D eigenvalue weighted by molar-refractivity contribution is -0.129. The van der Waals surface area contributed by atoms with E-state index in [0.29, 0.717) is 12.5 Å². The molecule has 0 amide bonds. The Balaban J connectivity index is 1.95. The summed E-state index contributed by atoms with van der Waals surface area (Å²) in [7, 11) is 0. The summed E-state index contributed by atoms with van der Waals surface area (Å²) in [4.78, 5) is 16.4. The van der Waals surface area contributed by atoms with E-state index in [1.165, 1.54) is 0 Å². The summed E-state index contributed by atoms with van der Waals surface area (Å²) < 4.78 is 10.9. The zero-order chi connectivity index (χ0) is 16.2. The molecule has 4 heteroatoms. The zero-order valence-corrected chi connectivity index (χ0v) is 13.1. The number of aliphatic imine (C=N–C) groups is 1. The normalized spacial score (nSPS) is 15.5. The van der Waals surface area contributed by atoms with Gasteiger partial charge in [-0.05, 0) is 38.1 Å². The smallest absolute Gasteiger partial charge is 0.363 e. The van der Waals surface area contributed by atoms with Gasteiger partial charge in [0.2, 0.25) is 5.90 Å². The highest BCUT2D eigenvalue weighted by Crippen LogP contribution is 2.24. The Morgan fingerprint density at radius 3 is 2.78 bits per heavy atom. The number of esters is 1. The van der Waals surface area contributed by atoms with Crippen LogP contribution < -0.4 is 4.74 Å². The third-order valence-corrected chi connectivity index (χ3v) is 3.40. The number of aryl methyl sites for hydroxylation is 1. The van der Waals surface area contributed by atoms with Crippen LogP contribution in [0.4, 0.5) is 0 Å². The van der Waals surface area contributed by atoms with Crippen LogP contribution in [0.2, 0.25) is 0 Å². The summed E-state index contributed by atoms with van der Waals surface area (Å²) >= 11 is 0. The summed E-state index contributed by atoms with van der Waals surface area (Å²) in [5, 5.41) is 0. The third kappa shape index (κ3) is 3.31. The molecule has 0 spiro atoms. The molecule has 3 rings (SSSR count). The standard InChI is InChI=1S/C19H17NO3/c1-3-22-17-10-5-4-8-14(17)12-16-19(21)23-18(20-16)15-9-6-7-13(2)11-15/h4-12H,3H2,1-2H3/b16-12+. The molecular weight excluding hydrogens is 290 g/mol. The molecule has 1 aliphatic heterocycles. The first-order valence-electron chi connectivity index (χ1n) is 7.49. The Morgan fingerprint density at radius 2 is 2.00 bits per heavy atom. The molecule has 0 saturated carbocycles. The van der Waals surface area contributed by atoms with Crippen molar-refractivity contribution in [2.24, 2.45) is 4.99 Å². The fraction of sp³-hybridized carbons (Fsp3) is 0.158. The van der Waals surface area contributed by atoms with Gasteiger partial charge >= 0.3 is 5.97 Å². The number of hydrogen-bond acceptors (Lipinski definition) is 4. The minimum Gasteiger partial charge on any atom is -0.493 e. The molecule has 23 heavy (non-hydrogen) atoms. The molecule has 0 fully saturated rings. The lowest BCUT2D eigenvalue weighted by atomic mass is 10.1. The summed E-state index contributed by atoms with van der Waals surface area (Å²) in [5.74, 6) is 0.598. The summed E-state index contributed by atoms with van der Waals surface area (Å²) in [6.45, 7) is 4.46. The SMILES string of the molecule is CCOc1ccccc1/C=C1/N=C(c2cccc(C)c2)OC1=O. The van der Waals surface area contributed by atoms with Crippen LogP contribution in [0.5, 0.6) is 5.75 Å². The molecular formula is C19H17NO3. The highest BCUT2D eigenvalue weighted by Gasteiger charge is 2.24. The largest absolute Gasteiger partial charge is 0.493 e. The van der Waals surface area contributed by atoms with Gasteiger partial charge in [-0.1, -0.05) is 35.9 Å². The summed E-state index contributed by atoms with van der Waals surface area (Å²) in [5.41, 5.74) is 2.95. The second-order valence-corrected chi connectivity index (χ2v) is 5.18. The van der Waals surface area contributed by atoms with Gasteiger partial charge in [-0.15, -0.1) is 0 Å². The quantitative estimate of drug-likeness (QED) is 0.638. The van der Waals surface area contributed by atoms with Gasteiger partial charge in [0, 0.05) is 11.1 Å². The lowest BCUT2D eigenvalue weighted by Gasteiger charge is -2.06. The van der Waals surface area contributed by atoms with Crippen molar-refractivity contribution < 1.29 is 14.3 Å². The van der Waals surface area contributed by atoms with Crippen molar-refractivity contribution in [1.82, 2.24) is 0 Å². The van der Waals surface area contributed by atoms with Crippen molar-refractivity contribution in [2.75, 3.05) is 6.61 Å². The molecule has 0 radical (unpaired) electrons. The first kappa shape index (κ1) is 15.0. The molecule has 0 aliphatic carbocycles. The van der Waals surface area contributed by atoms with E-state index in [1.807, 2.05) is 62.4 Å². The Morgan fingerprint density at radius 1 is 1.17 bits per heavy atom. The van der Waals surface area contributed by atoms with Gasteiger partial charge in [-0.2, -0.15) is 0 Å². The fourth-order valence-electron chi connectivity index (χ4n) is 2.34. The van der Waals surface area contributed by atoms with Gasteiger partial charge in [0.15, 0.2) is 5.70 Å². The molecule has 0 bridgehead atoms. The second-order valence-electron chi connectivity index (χ2n) is 5.18. The first-order chi connectivity index (χ1) is 11.2. The highest BCUT2D eigenvalue weighted by atomic mass is 16.6. The number of carbonyl (C=O) groups excluding carboxylic acids is 1. The molecule has 0 atom stereocenters. The molecule has 4 nitrogen and oxygen atoms in total. The Labute approximate surface area is 135 Å². The van der Waals surface area contributed by atoms with Gasteiger partial charge in [-0.3, -0.25) is 0 Å². The van der Waals surface area contributed by atoms with Crippen molar-refractivity contribution in [1.29, 1.82) is 0 Å². The van der Waals surface area contributed by atoms with Crippen LogP contribution in [0, 0.1) is 6.92 Å². The van der Waals surface area contributed by atoms with Crippen molar-refractivity contribution in [3.63, 3.8) is 0 Å². The predicted molar refractivity (Wildman–Crippen MR) is 89.4 cm³/mol. The lowest BCUT2D eigenvalue weighted by Crippen LogP contribution is -2.05. The molecule has 0 N–H and O–H groups in total. The van der Waals surface area contributed by atoms with Crippen LogP contribution in [0.3, 0.4) is 0 Å².